The molecule has 2 aliphatic rings. The Kier molecular flexibility index (Phi) is 5.26. The van der Waals surface area contributed by atoms with E-state index in [4.69, 9.17) is 4.74 Å². The Hall–Kier alpha value is -2.17. The molecule has 2 heterocycles. The van der Waals surface area contributed by atoms with Gasteiger partial charge < -0.3 is 9.64 Å². The van der Waals surface area contributed by atoms with E-state index in [0.717, 1.165) is 25.2 Å². The first-order chi connectivity index (χ1) is 13.8. The van der Waals surface area contributed by atoms with Crippen LogP contribution in [0.25, 0.3) is 0 Å². The van der Waals surface area contributed by atoms with Gasteiger partial charge in [-0.1, -0.05) is 55.0 Å². The van der Waals surface area contributed by atoms with Crippen LogP contribution in [0.3, 0.4) is 0 Å². The Morgan fingerprint density at radius 2 is 1.72 bits per heavy atom. The summed E-state index contributed by atoms with van der Waals surface area (Å²) in [5.41, 5.74) is 4.42. The first kappa shape index (κ1) is 20.1. The first-order valence-electron chi connectivity index (χ1n) is 10.6. The van der Waals surface area contributed by atoms with E-state index in [1.54, 1.807) is 0 Å². The Morgan fingerprint density at radius 3 is 2.41 bits per heavy atom. The fourth-order valence-corrected chi connectivity index (χ4v) is 5.21. The highest BCUT2D eigenvalue weighted by molar-refractivity contribution is 5.98. The van der Waals surface area contributed by atoms with Crippen molar-refractivity contribution in [2.24, 2.45) is 0 Å². The second-order valence-electron chi connectivity index (χ2n) is 9.33. The minimum Gasteiger partial charge on any atom is -0.379 e. The average Bonchev–Trinajstić information content (AvgIpc) is 2.69. The number of morpholine rings is 1. The van der Waals surface area contributed by atoms with Crippen LogP contribution in [0.15, 0.2) is 48.5 Å². The van der Waals surface area contributed by atoms with E-state index in [2.05, 4.69) is 86.0 Å². The summed E-state index contributed by atoms with van der Waals surface area (Å²) in [5, 5.41) is 0. The Bertz CT molecular complexity index is 887. The molecule has 0 radical (unpaired) electrons. The number of hydrogen-bond acceptors (Lipinski definition) is 3. The highest BCUT2D eigenvalue weighted by Gasteiger charge is 2.47. The van der Waals surface area contributed by atoms with Gasteiger partial charge in [0.25, 0.3) is 0 Å². The molecule has 4 rings (SSSR count). The van der Waals surface area contributed by atoms with E-state index in [9.17, 15) is 4.79 Å². The van der Waals surface area contributed by atoms with Crippen molar-refractivity contribution in [2.45, 2.75) is 45.1 Å². The molecule has 0 spiro atoms. The van der Waals surface area contributed by atoms with Gasteiger partial charge in [0.05, 0.1) is 19.8 Å². The molecule has 1 atom stereocenters. The van der Waals surface area contributed by atoms with Crippen molar-refractivity contribution in [1.29, 1.82) is 0 Å². The van der Waals surface area contributed by atoms with Crippen LogP contribution >= 0.6 is 0 Å². The molecule has 1 amide bonds. The summed E-state index contributed by atoms with van der Waals surface area (Å²) < 4.78 is 5.45. The standard InChI is InChI=1S/C25H32N2O2/c1-19-10-11-22-21(16-19)25(4,20-8-6-5-7-9-20)18-24(2,3)27(22)23(28)17-26-12-14-29-15-13-26/h5-11,16H,12-15,17-18H2,1-4H3/t25-/m1/s1. The number of amides is 1. The predicted octanol–water partition coefficient (Wildman–Crippen LogP) is 4.15. The van der Waals surface area contributed by atoms with E-state index in [1.165, 1.54) is 16.7 Å². The first-order valence-corrected chi connectivity index (χ1v) is 10.6. The zero-order chi connectivity index (χ0) is 20.6. The number of fused-ring (bicyclic) bond motifs is 1. The van der Waals surface area contributed by atoms with E-state index >= 15 is 0 Å². The second-order valence-corrected chi connectivity index (χ2v) is 9.33. The van der Waals surface area contributed by atoms with Crippen molar-refractivity contribution < 1.29 is 9.53 Å². The number of carbonyl (C=O) groups is 1. The molecule has 2 aromatic carbocycles. The lowest BCUT2D eigenvalue weighted by Gasteiger charge is -2.52. The number of hydrogen-bond donors (Lipinski definition) is 0. The largest absolute Gasteiger partial charge is 0.379 e. The molecule has 1 fully saturated rings. The van der Waals surface area contributed by atoms with Crippen molar-refractivity contribution in [3.05, 3.63) is 65.2 Å². The number of rotatable bonds is 3. The molecule has 29 heavy (non-hydrogen) atoms. The third-order valence-electron chi connectivity index (χ3n) is 6.50. The number of nitrogens with zero attached hydrogens (tertiary/aromatic N) is 2. The van der Waals surface area contributed by atoms with Crippen LogP contribution in [-0.4, -0.2) is 49.2 Å². The molecular weight excluding hydrogens is 360 g/mol. The van der Waals surface area contributed by atoms with Gasteiger partial charge in [0.15, 0.2) is 0 Å². The minimum atomic E-state index is -0.282. The summed E-state index contributed by atoms with van der Waals surface area (Å²) in [7, 11) is 0. The quantitative estimate of drug-likeness (QED) is 0.787. The van der Waals surface area contributed by atoms with Crippen molar-refractivity contribution >= 4 is 11.6 Å². The second kappa shape index (κ2) is 7.58. The Labute approximate surface area is 174 Å². The van der Waals surface area contributed by atoms with Crippen LogP contribution in [0.1, 0.15) is 43.9 Å². The maximum absolute atomic E-state index is 13.5. The lowest BCUT2D eigenvalue weighted by atomic mass is 9.65. The zero-order valence-electron chi connectivity index (χ0n) is 18.1. The summed E-state index contributed by atoms with van der Waals surface area (Å²) >= 11 is 0. The SMILES string of the molecule is Cc1ccc2c(c1)[C@@](C)(c1ccccc1)CC(C)(C)N2C(=O)CN1CCOCC1. The van der Waals surface area contributed by atoms with Gasteiger partial charge in [-0.25, -0.2) is 0 Å². The van der Waals surface area contributed by atoms with Crippen LogP contribution in [0.4, 0.5) is 5.69 Å². The molecule has 154 valence electrons. The van der Waals surface area contributed by atoms with Crippen LogP contribution < -0.4 is 4.90 Å². The summed E-state index contributed by atoms with van der Waals surface area (Å²) in [6, 6.07) is 17.3. The van der Waals surface area contributed by atoms with Gasteiger partial charge in [0, 0.05) is 29.7 Å². The van der Waals surface area contributed by atoms with Gasteiger partial charge in [0.2, 0.25) is 5.91 Å². The molecule has 0 N–H and O–H groups in total. The summed E-state index contributed by atoms with van der Waals surface area (Å²) in [6.45, 7) is 12.4. The maximum Gasteiger partial charge on any atom is 0.241 e. The number of anilines is 1. The Balaban J connectivity index is 1.77. The van der Waals surface area contributed by atoms with Crippen LogP contribution in [0, 0.1) is 6.92 Å². The lowest BCUT2D eigenvalue weighted by Crippen LogP contribution is -2.58. The molecule has 2 aliphatic heterocycles. The van der Waals surface area contributed by atoms with Gasteiger partial charge in [0.1, 0.15) is 0 Å². The molecule has 4 nitrogen and oxygen atoms in total. The van der Waals surface area contributed by atoms with Crippen molar-refractivity contribution in [1.82, 2.24) is 4.90 Å². The van der Waals surface area contributed by atoms with Gasteiger partial charge in [-0.15, -0.1) is 0 Å². The smallest absolute Gasteiger partial charge is 0.241 e. The number of ether oxygens (including phenoxy) is 1. The maximum atomic E-state index is 13.5. The van der Waals surface area contributed by atoms with Crippen molar-refractivity contribution in [3.8, 4) is 0 Å². The molecule has 4 heteroatoms. The van der Waals surface area contributed by atoms with E-state index in [1.807, 2.05) is 0 Å². The molecule has 0 bridgehead atoms. The van der Waals surface area contributed by atoms with Crippen LogP contribution in [-0.2, 0) is 14.9 Å². The predicted molar refractivity (Wildman–Crippen MR) is 118 cm³/mol. The molecular formula is C25H32N2O2. The van der Waals surface area contributed by atoms with Gasteiger partial charge >= 0.3 is 0 Å². The van der Waals surface area contributed by atoms with Gasteiger partial charge in [-0.2, -0.15) is 0 Å². The topological polar surface area (TPSA) is 32.8 Å². The molecule has 2 aromatic rings. The Morgan fingerprint density at radius 1 is 1.03 bits per heavy atom. The van der Waals surface area contributed by atoms with E-state index < -0.39 is 0 Å². The summed E-state index contributed by atoms with van der Waals surface area (Å²) in [4.78, 5) is 17.8. The third-order valence-corrected chi connectivity index (χ3v) is 6.50. The third kappa shape index (κ3) is 3.72. The highest BCUT2D eigenvalue weighted by atomic mass is 16.5. The molecule has 0 unspecified atom stereocenters. The van der Waals surface area contributed by atoms with E-state index in [0.29, 0.717) is 19.8 Å². The van der Waals surface area contributed by atoms with Gasteiger partial charge in [-0.05, 0) is 44.4 Å². The zero-order valence-corrected chi connectivity index (χ0v) is 18.1. The fourth-order valence-electron chi connectivity index (χ4n) is 5.21. The lowest BCUT2D eigenvalue weighted by molar-refractivity contribution is -0.122. The van der Waals surface area contributed by atoms with Crippen molar-refractivity contribution in [2.75, 3.05) is 37.7 Å². The summed E-state index contributed by atoms with van der Waals surface area (Å²) in [6.07, 6.45) is 0.884. The molecule has 0 aromatic heterocycles. The average molecular weight is 393 g/mol. The van der Waals surface area contributed by atoms with Crippen LogP contribution in [0.2, 0.25) is 0 Å². The monoisotopic (exact) mass is 392 g/mol. The fraction of sp³-hybridized carbons (Fsp3) is 0.480. The summed E-state index contributed by atoms with van der Waals surface area (Å²) in [5.74, 6) is 0.178. The van der Waals surface area contributed by atoms with Gasteiger partial charge in [-0.3, -0.25) is 9.69 Å². The number of aryl methyl sites for hydroxylation is 1. The number of benzene rings is 2. The minimum absolute atomic E-state index is 0.137. The molecule has 0 saturated carbocycles. The number of carbonyl (C=O) groups excluding carboxylic acids is 1. The van der Waals surface area contributed by atoms with Crippen molar-refractivity contribution in [3.63, 3.8) is 0 Å². The van der Waals surface area contributed by atoms with Crippen LogP contribution in [0.5, 0.6) is 0 Å². The normalized spacial score (nSPS) is 24.2. The molecule has 0 aliphatic carbocycles. The highest BCUT2D eigenvalue weighted by Crippen LogP contribution is 2.50. The molecule has 1 saturated heterocycles. The van der Waals surface area contributed by atoms with E-state index in [-0.39, 0.29) is 16.9 Å².